The minimum atomic E-state index is -3.08. The first kappa shape index (κ1) is 12.7. The number of fused-ring (bicyclic) bond motifs is 1. The lowest BCUT2D eigenvalue weighted by Crippen LogP contribution is -2.38. The van der Waals surface area contributed by atoms with Gasteiger partial charge in [0.1, 0.15) is 0 Å². The molecule has 1 atom stereocenters. The van der Waals surface area contributed by atoms with Gasteiger partial charge in [-0.15, -0.1) is 0 Å². The number of nitrogens with one attached hydrogen (secondary N) is 1. The van der Waals surface area contributed by atoms with Gasteiger partial charge in [-0.1, -0.05) is 18.2 Å². The first-order chi connectivity index (χ1) is 9.04. The Morgan fingerprint density at radius 2 is 2.11 bits per heavy atom. The van der Waals surface area contributed by atoms with Crippen LogP contribution in [0.15, 0.2) is 30.3 Å². The molecule has 2 aromatic rings. The van der Waals surface area contributed by atoms with Crippen LogP contribution in [-0.2, 0) is 10.0 Å². The van der Waals surface area contributed by atoms with Crippen molar-refractivity contribution in [2.45, 2.75) is 18.8 Å². The second-order valence-electron chi connectivity index (χ2n) is 5.27. The molecule has 102 valence electrons. The van der Waals surface area contributed by atoms with Crippen molar-refractivity contribution in [3.63, 3.8) is 0 Å². The van der Waals surface area contributed by atoms with Gasteiger partial charge in [-0.3, -0.25) is 0 Å². The van der Waals surface area contributed by atoms with Crippen LogP contribution in [0.25, 0.3) is 10.9 Å². The van der Waals surface area contributed by atoms with E-state index in [0.29, 0.717) is 13.1 Å². The Morgan fingerprint density at radius 1 is 1.32 bits per heavy atom. The predicted octanol–water partition coefficient (Wildman–Crippen LogP) is 2.31. The summed E-state index contributed by atoms with van der Waals surface area (Å²) < 4.78 is 24.9. The van der Waals surface area contributed by atoms with E-state index in [1.807, 2.05) is 12.1 Å². The van der Waals surface area contributed by atoms with Crippen LogP contribution >= 0.6 is 0 Å². The second-order valence-corrected chi connectivity index (χ2v) is 7.25. The van der Waals surface area contributed by atoms with E-state index in [1.54, 1.807) is 4.31 Å². The molecule has 3 rings (SSSR count). The summed E-state index contributed by atoms with van der Waals surface area (Å²) in [5.41, 5.74) is 2.27. The molecule has 1 saturated heterocycles. The summed E-state index contributed by atoms with van der Waals surface area (Å²) in [6, 6.07) is 10.3. The first-order valence-corrected chi connectivity index (χ1v) is 8.41. The van der Waals surface area contributed by atoms with E-state index in [2.05, 4.69) is 23.2 Å². The molecule has 2 heterocycles. The van der Waals surface area contributed by atoms with E-state index in [1.165, 1.54) is 11.6 Å². The number of rotatable bonds is 2. The minimum absolute atomic E-state index is 0.274. The van der Waals surface area contributed by atoms with Gasteiger partial charge >= 0.3 is 0 Å². The van der Waals surface area contributed by atoms with Gasteiger partial charge in [0.25, 0.3) is 0 Å². The zero-order chi connectivity index (χ0) is 13.5. The molecule has 1 aromatic carbocycles. The van der Waals surface area contributed by atoms with Crippen LogP contribution in [0.1, 0.15) is 24.5 Å². The normalized spacial score (nSPS) is 21.8. The average molecular weight is 278 g/mol. The van der Waals surface area contributed by atoms with Crippen molar-refractivity contribution in [3.8, 4) is 0 Å². The van der Waals surface area contributed by atoms with E-state index < -0.39 is 10.0 Å². The third kappa shape index (κ3) is 2.53. The summed E-state index contributed by atoms with van der Waals surface area (Å²) in [5, 5.41) is 1.19. The highest BCUT2D eigenvalue weighted by Crippen LogP contribution is 2.29. The second kappa shape index (κ2) is 4.65. The molecule has 0 bridgehead atoms. The van der Waals surface area contributed by atoms with Crippen LogP contribution in [0.4, 0.5) is 0 Å². The number of H-pyrrole nitrogens is 1. The smallest absolute Gasteiger partial charge is 0.211 e. The Bertz CT molecular complexity index is 657. The van der Waals surface area contributed by atoms with Crippen molar-refractivity contribution in [2.75, 3.05) is 19.3 Å². The molecular weight excluding hydrogens is 260 g/mol. The maximum atomic E-state index is 11.7. The molecule has 19 heavy (non-hydrogen) atoms. The molecular formula is C14H18N2O2S. The number of aromatic nitrogens is 1. The topological polar surface area (TPSA) is 53.2 Å². The summed E-state index contributed by atoms with van der Waals surface area (Å²) in [5.74, 6) is 0.274. The number of sulfonamides is 1. The van der Waals surface area contributed by atoms with E-state index in [0.717, 1.165) is 24.1 Å². The van der Waals surface area contributed by atoms with Crippen molar-refractivity contribution in [3.05, 3.63) is 36.0 Å². The molecule has 1 N–H and O–H groups in total. The van der Waals surface area contributed by atoms with E-state index in [-0.39, 0.29) is 5.92 Å². The number of hydrogen-bond donors (Lipinski definition) is 1. The first-order valence-electron chi connectivity index (χ1n) is 6.57. The maximum absolute atomic E-state index is 11.7. The zero-order valence-corrected chi connectivity index (χ0v) is 11.8. The van der Waals surface area contributed by atoms with Gasteiger partial charge in [0.15, 0.2) is 0 Å². The lowest BCUT2D eigenvalue weighted by Gasteiger charge is -2.30. The lowest BCUT2D eigenvalue weighted by molar-refractivity contribution is 0.315. The van der Waals surface area contributed by atoms with Crippen molar-refractivity contribution < 1.29 is 8.42 Å². The molecule has 1 fully saturated rings. The van der Waals surface area contributed by atoms with Crippen LogP contribution in [0.2, 0.25) is 0 Å². The van der Waals surface area contributed by atoms with Crippen LogP contribution in [0.5, 0.6) is 0 Å². The van der Waals surface area contributed by atoms with Crippen molar-refractivity contribution in [1.29, 1.82) is 0 Å². The zero-order valence-electron chi connectivity index (χ0n) is 11.0. The SMILES string of the molecule is CS(=O)(=O)N1CCCC(c2cc3ccccc3[nH]2)C1. The summed E-state index contributed by atoms with van der Waals surface area (Å²) in [7, 11) is -3.08. The highest BCUT2D eigenvalue weighted by molar-refractivity contribution is 7.88. The van der Waals surface area contributed by atoms with Crippen molar-refractivity contribution in [2.24, 2.45) is 0 Å². The molecule has 1 aromatic heterocycles. The fourth-order valence-corrected chi connectivity index (χ4v) is 3.72. The summed E-state index contributed by atoms with van der Waals surface area (Å²) >= 11 is 0. The summed E-state index contributed by atoms with van der Waals surface area (Å²) in [4.78, 5) is 3.42. The maximum Gasteiger partial charge on any atom is 0.211 e. The fraction of sp³-hybridized carbons (Fsp3) is 0.429. The molecule has 0 amide bonds. The predicted molar refractivity (Wildman–Crippen MR) is 76.7 cm³/mol. The Hall–Kier alpha value is -1.33. The van der Waals surface area contributed by atoms with Crippen LogP contribution in [-0.4, -0.2) is 37.1 Å². The van der Waals surface area contributed by atoms with Crippen LogP contribution in [0, 0.1) is 0 Å². The Labute approximate surface area is 113 Å². The molecule has 0 radical (unpaired) electrons. The van der Waals surface area contributed by atoms with E-state index >= 15 is 0 Å². The quantitative estimate of drug-likeness (QED) is 0.916. The average Bonchev–Trinajstić information content (AvgIpc) is 2.81. The third-order valence-corrected chi connectivity index (χ3v) is 5.11. The number of benzene rings is 1. The Kier molecular flexibility index (Phi) is 3.11. The summed E-state index contributed by atoms with van der Waals surface area (Å²) in [6.07, 6.45) is 3.26. The number of nitrogens with zero attached hydrogens (tertiary/aromatic N) is 1. The Morgan fingerprint density at radius 3 is 2.84 bits per heavy atom. The van der Waals surface area contributed by atoms with Gasteiger partial charge in [-0.05, 0) is 30.4 Å². The van der Waals surface area contributed by atoms with Gasteiger partial charge in [-0.2, -0.15) is 0 Å². The number of hydrogen-bond acceptors (Lipinski definition) is 2. The molecule has 0 saturated carbocycles. The number of aromatic amines is 1. The largest absolute Gasteiger partial charge is 0.358 e. The van der Waals surface area contributed by atoms with Gasteiger partial charge < -0.3 is 4.98 Å². The van der Waals surface area contributed by atoms with Crippen molar-refractivity contribution >= 4 is 20.9 Å². The minimum Gasteiger partial charge on any atom is -0.358 e. The monoisotopic (exact) mass is 278 g/mol. The van der Waals surface area contributed by atoms with E-state index in [9.17, 15) is 8.42 Å². The van der Waals surface area contributed by atoms with Gasteiger partial charge in [-0.25, -0.2) is 12.7 Å². The highest BCUT2D eigenvalue weighted by atomic mass is 32.2. The standard InChI is InChI=1S/C14H18N2O2S/c1-19(17,18)16-8-4-6-12(10-16)14-9-11-5-2-3-7-13(11)15-14/h2-3,5,7,9,12,15H,4,6,8,10H2,1H3. The molecule has 1 aliphatic rings. The van der Waals surface area contributed by atoms with Crippen molar-refractivity contribution in [1.82, 2.24) is 9.29 Å². The molecule has 0 aliphatic carbocycles. The van der Waals surface area contributed by atoms with Crippen LogP contribution in [0.3, 0.4) is 0 Å². The van der Waals surface area contributed by atoms with Gasteiger partial charge in [0, 0.05) is 30.2 Å². The lowest BCUT2D eigenvalue weighted by atomic mass is 9.96. The number of para-hydroxylation sites is 1. The van der Waals surface area contributed by atoms with Gasteiger partial charge in [0.05, 0.1) is 6.26 Å². The van der Waals surface area contributed by atoms with Crippen LogP contribution < -0.4 is 0 Å². The third-order valence-electron chi connectivity index (χ3n) is 3.84. The van der Waals surface area contributed by atoms with E-state index in [4.69, 9.17) is 0 Å². The molecule has 1 aliphatic heterocycles. The Balaban J connectivity index is 1.89. The molecule has 4 nitrogen and oxygen atoms in total. The highest BCUT2D eigenvalue weighted by Gasteiger charge is 2.27. The fourth-order valence-electron chi connectivity index (χ4n) is 2.81. The molecule has 1 unspecified atom stereocenters. The molecule has 5 heteroatoms. The number of piperidine rings is 1. The molecule has 0 spiro atoms. The summed E-state index contributed by atoms with van der Waals surface area (Å²) in [6.45, 7) is 1.24. The van der Waals surface area contributed by atoms with Gasteiger partial charge in [0.2, 0.25) is 10.0 Å².